The maximum Gasteiger partial charge on any atom is 0.317 e. The standard InChI is InChI=1S/C37H38N4O5/c1-6-45-36(43)30-28(23-14-10-8-11-15-23)32(37(44)46-7-2)34(42)31-29(30)27-22(3)39-41(26-16-12-9-13-17-26)35(27)38-33(31)24-18-20-25(21-19-24)40(4)5/h8-21,28,30,32-33,38H,6-7H2,1-5H3. The second-order valence-electron chi connectivity index (χ2n) is 11.7. The highest BCUT2D eigenvalue weighted by Crippen LogP contribution is 2.55. The van der Waals surface area contributed by atoms with Crippen molar-refractivity contribution >= 4 is 34.8 Å². The minimum atomic E-state index is -1.26. The molecule has 0 amide bonds. The molecule has 6 rings (SSSR count). The number of nitrogens with zero attached hydrogens (tertiary/aromatic N) is 3. The van der Waals surface area contributed by atoms with Crippen LogP contribution < -0.4 is 10.2 Å². The number of Topliss-reactive ketones (excluding diaryl/α,β-unsaturated/α-hetero) is 1. The first-order chi connectivity index (χ1) is 22.3. The molecule has 46 heavy (non-hydrogen) atoms. The number of carbonyl (C=O) groups excluding carboxylic acids is 3. The highest BCUT2D eigenvalue weighted by molar-refractivity contribution is 6.19. The molecule has 0 bridgehead atoms. The number of para-hydroxylation sites is 1. The number of aryl methyl sites for hydroxylation is 1. The molecule has 0 fully saturated rings. The summed E-state index contributed by atoms with van der Waals surface area (Å²) in [7, 11) is 3.93. The summed E-state index contributed by atoms with van der Waals surface area (Å²) < 4.78 is 13.1. The fraction of sp³-hybridized carbons (Fsp3) is 0.297. The lowest BCUT2D eigenvalue weighted by atomic mass is 9.61. The molecule has 0 radical (unpaired) electrons. The molecule has 1 aliphatic heterocycles. The Morgan fingerprint density at radius 2 is 1.39 bits per heavy atom. The third kappa shape index (κ3) is 5.25. The number of ketones is 1. The van der Waals surface area contributed by atoms with Crippen LogP contribution in [0.25, 0.3) is 11.3 Å². The Morgan fingerprint density at radius 1 is 0.804 bits per heavy atom. The van der Waals surface area contributed by atoms with Gasteiger partial charge in [-0.2, -0.15) is 5.10 Å². The van der Waals surface area contributed by atoms with E-state index in [1.807, 2.05) is 116 Å². The van der Waals surface area contributed by atoms with Gasteiger partial charge in [-0.05, 0) is 61.7 Å². The quantitative estimate of drug-likeness (QED) is 0.193. The Hall–Kier alpha value is -5.18. The van der Waals surface area contributed by atoms with E-state index in [1.165, 1.54) is 0 Å². The van der Waals surface area contributed by atoms with Crippen molar-refractivity contribution in [2.45, 2.75) is 32.7 Å². The van der Waals surface area contributed by atoms with Gasteiger partial charge in [-0.25, -0.2) is 4.68 Å². The van der Waals surface area contributed by atoms with Crippen molar-refractivity contribution < 1.29 is 23.9 Å². The smallest absolute Gasteiger partial charge is 0.317 e. The molecule has 4 unspecified atom stereocenters. The van der Waals surface area contributed by atoms with E-state index in [0.717, 1.165) is 16.9 Å². The molecule has 3 aromatic carbocycles. The van der Waals surface area contributed by atoms with Crippen molar-refractivity contribution in [3.8, 4) is 5.69 Å². The maximum absolute atomic E-state index is 15.0. The number of aromatic nitrogens is 2. The van der Waals surface area contributed by atoms with Crippen molar-refractivity contribution in [2.24, 2.45) is 11.8 Å². The van der Waals surface area contributed by atoms with Gasteiger partial charge in [0, 0.05) is 36.8 Å². The van der Waals surface area contributed by atoms with Crippen LogP contribution in [0.5, 0.6) is 0 Å². The zero-order chi connectivity index (χ0) is 32.5. The topological polar surface area (TPSA) is 103 Å². The summed E-state index contributed by atoms with van der Waals surface area (Å²) in [5.74, 6) is -3.98. The first-order valence-corrected chi connectivity index (χ1v) is 15.6. The van der Waals surface area contributed by atoms with Crippen molar-refractivity contribution in [2.75, 3.05) is 37.5 Å². The Morgan fingerprint density at radius 3 is 1.98 bits per heavy atom. The molecule has 0 spiro atoms. The molecule has 9 nitrogen and oxygen atoms in total. The van der Waals surface area contributed by atoms with Gasteiger partial charge in [-0.3, -0.25) is 14.4 Å². The lowest BCUT2D eigenvalue weighted by Crippen LogP contribution is -2.46. The van der Waals surface area contributed by atoms with E-state index in [2.05, 4.69) is 5.32 Å². The number of rotatable bonds is 8. The van der Waals surface area contributed by atoms with Crippen LogP contribution in [-0.4, -0.2) is 54.8 Å². The summed E-state index contributed by atoms with van der Waals surface area (Å²) in [4.78, 5) is 45.0. The Kier molecular flexibility index (Phi) is 8.49. The molecule has 1 aromatic heterocycles. The van der Waals surface area contributed by atoms with Crippen LogP contribution in [0.15, 0.2) is 90.5 Å². The number of hydrogen-bond acceptors (Lipinski definition) is 8. The highest BCUT2D eigenvalue weighted by atomic mass is 16.5. The second-order valence-corrected chi connectivity index (χ2v) is 11.7. The van der Waals surface area contributed by atoms with E-state index >= 15 is 0 Å². The van der Waals surface area contributed by atoms with Crippen LogP contribution in [0, 0.1) is 18.8 Å². The van der Waals surface area contributed by atoms with Gasteiger partial charge in [-0.1, -0.05) is 60.7 Å². The number of esters is 2. The van der Waals surface area contributed by atoms with E-state index in [4.69, 9.17) is 14.6 Å². The van der Waals surface area contributed by atoms with Gasteiger partial charge in [0.15, 0.2) is 5.78 Å². The predicted molar refractivity (Wildman–Crippen MR) is 177 cm³/mol. The van der Waals surface area contributed by atoms with Gasteiger partial charge in [0.1, 0.15) is 11.7 Å². The van der Waals surface area contributed by atoms with Crippen LogP contribution in [0.2, 0.25) is 0 Å². The van der Waals surface area contributed by atoms with Gasteiger partial charge in [-0.15, -0.1) is 0 Å². The number of hydrogen-bond donors (Lipinski definition) is 1. The largest absolute Gasteiger partial charge is 0.466 e. The van der Waals surface area contributed by atoms with Crippen molar-refractivity contribution in [3.05, 3.63) is 113 Å². The molecule has 2 aliphatic rings. The fourth-order valence-electron chi connectivity index (χ4n) is 6.80. The van der Waals surface area contributed by atoms with Crippen LogP contribution in [0.4, 0.5) is 11.5 Å². The minimum Gasteiger partial charge on any atom is -0.466 e. The van der Waals surface area contributed by atoms with Crippen LogP contribution in [0.1, 0.15) is 48.2 Å². The van der Waals surface area contributed by atoms with E-state index in [-0.39, 0.29) is 19.0 Å². The molecule has 4 atom stereocenters. The molecule has 2 heterocycles. The SMILES string of the molecule is CCOC(=O)C1C(=O)C2=C(c3c(C)nn(-c4ccccc4)c3NC2c2ccc(N(C)C)cc2)C(C(=O)OCC)C1c1ccccc1. The van der Waals surface area contributed by atoms with Gasteiger partial charge in [0.2, 0.25) is 0 Å². The second kappa shape index (κ2) is 12.7. The third-order valence-electron chi connectivity index (χ3n) is 8.78. The summed E-state index contributed by atoms with van der Waals surface area (Å²) in [6.45, 7) is 5.57. The molecule has 0 saturated carbocycles. The van der Waals surface area contributed by atoms with Crippen molar-refractivity contribution in [3.63, 3.8) is 0 Å². The molecular formula is C37H38N4O5. The van der Waals surface area contributed by atoms with Gasteiger partial charge >= 0.3 is 11.9 Å². The molecule has 1 aliphatic carbocycles. The van der Waals surface area contributed by atoms with Crippen molar-refractivity contribution in [1.82, 2.24) is 9.78 Å². The normalized spacial score (nSPS) is 20.3. The zero-order valence-corrected chi connectivity index (χ0v) is 26.7. The average Bonchev–Trinajstić information content (AvgIpc) is 3.41. The molecule has 9 heteroatoms. The molecule has 0 saturated heterocycles. The first-order valence-electron chi connectivity index (χ1n) is 15.6. The Balaban J connectivity index is 1.69. The number of carbonyl (C=O) groups is 3. The van der Waals surface area contributed by atoms with Crippen molar-refractivity contribution in [1.29, 1.82) is 0 Å². The molecule has 4 aromatic rings. The Labute approximate surface area is 268 Å². The molecule has 236 valence electrons. The van der Waals surface area contributed by atoms with Gasteiger partial charge < -0.3 is 19.7 Å². The first kappa shape index (κ1) is 30.8. The maximum atomic E-state index is 15.0. The Bertz CT molecular complexity index is 1790. The lowest BCUT2D eigenvalue weighted by Gasteiger charge is -2.42. The summed E-state index contributed by atoms with van der Waals surface area (Å²) in [5.41, 5.74) is 5.49. The van der Waals surface area contributed by atoms with Gasteiger partial charge in [0.25, 0.3) is 0 Å². The average molecular weight is 619 g/mol. The van der Waals surface area contributed by atoms with E-state index in [9.17, 15) is 14.4 Å². The van der Waals surface area contributed by atoms with Gasteiger partial charge in [0.05, 0.1) is 36.6 Å². The van der Waals surface area contributed by atoms with Crippen LogP contribution in [0.3, 0.4) is 0 Å². The summed E-state index contributed by atoms with van der Waals surface area (Å²) in [5, 5.41) is 8.54. The number of anilines is 2. The number of nitrogens with one attached hydrogen (secondary N) is 1. The number of benzene rings is 3. The monoisotopic (exact) mass is 618 g/mol. The third-order valence-corrected chi connectivity index (χ3v) is 8.78. The van der Waals surface area contributed by atoms with E-state index in [0.29, 0.717) is 33.8 Å². The summed E-state index contributed by atoms with van der Waals surface area (Å²) in [6, 6.07) is 26.2. The molecule has 1 N–H and O–H groups in total. The summed E-state index contributed by atoms with van der Waals surface area (Å²) in [6.07, 6.45) is 0. The fourth-order valence-corrected chi connectivity index (χ4v) is 6.80. The number of ether oxygens (including phenoxy) is 2. The predicted octanol–water partition coefficient (Wildman–Crippen LogP) is 5.89. The van der Waals surface area contributed by atoms with E-state index in [1.54, 1.807) is 13.8 Å². The summed E-state index contributed by atoms with van der Waals surface area (Å²) >= 11 is 0. The molecular weight excluding hydrogens is 580 g/mol. The zero-order valence-electron chi connectivity index (χ0n) is 26.7. The van der Waals surface area contributed by atoms with Crippen LogP contribution in [-0.2, 0) is 23.9 Å². The lowest BCUT2D eigenvalue weighted by molar-refractivity contribution is -0.154. The number of fused-ring (bicyclic) bond motifs is 2. The highest BCUT2D eigenvalue weighted by Gasteiger charge is 2.55. The van der Waals surface area contributed by atoms with E-state index < -0.39 is 35.7 Å². The van der Waals surface area contributed by atoms with Crippen LogP contribution >= 0.6 is 0 Å². The minimum absolute atomic E-state index is 0.0981.